The van der Waals surface area contributed by atoms with Crippen LogP contribution in [0.1, 0.15) is 0 Å². The van der Waals surface area contributed by atoms with Gasteiger partial charge < -0.3 is 5.11 Å². The van der Waals surface area contributed by atoms with Crippen molar-refractivity contribution in [1.82, 2.24) is 0 Å². The highest BCUT2D eigenvalue weighted by Crippen LogP contribution is 2.26. The second-order valence-electron chi connectivity index (χ2n) is 2.19. The van der Waals surface area contributed by atoms with Crippen LogP contribution in [0.25, 0.3) is 0 Å². The van der Waals surface area contributed by atoms with Gasteiger partial charge in [0.1, 0.15) is 0 Å². The van der Waals surface area contributed by atoms with Crippen LogP contribution in [0, 0.1) is 10.1 Å². The standard InChI is InChI=1S/C6H5NO5S/c8-6-2-1-4(13(11)12)3-5(6)7(9)10/h1-3,8,13H. The summed E-state index contributed by atoms with van der Waals surface area (Å²) in [5, 5.41) is 19.2. The van der Waals surface area contributed by atoms with Gasteiger partial charge in [0.2, 0.25) is 0 Å². The minimum absolute atomic E-state index is 0.195. The van der Waals surface area contributed by atoms with Crippen LogP contribution in [0.4, 0.5) is 5.69 Å². The summed E-state index contributed by atoms with van der Waals surface area (Å²) in [6, 6.07) is 2.87. The molecular formula is C6H5NO5S. The van der Waals surface area contributed by atoms with Crippen molar-refractivity contribution >= 4 is 16.4 Å². The Bertz CT molecular complexity index is 417. The maximum Gasteiger partial charge on any atom is 0.311 e. The van der Waals surface area contributed by atoms with Gasteiger partial charge in [0.15, 0.2) is 16.5 Å². The highest BCUT2D eigenvalue weighted by Gasteiger charge is 2.13. The maximum atomic E-state index is 10.4. The summed E-state index contributed by atoms with van der Waals surface area (Å²) < 4.78 is 20.8. The van der Waals surface area contributed by atoms with E-state index in [0.29, 0.717) is 0 Å². The molecule has 0 aliphatic heterocycles. The lowest BCUT2D eigenvalue weighted by Gasteiger charge is -1.95. The monoisotopic (exact) mass is 203 g/mol. The number of nitro groups is 1. The molecule has 13 heavy (non-hydrogen) atoms. The normalized spacial score (nSPS) is 10.2. The molecule has 0 atom stereocenters. The lowest BCUT2D eigenvalue weighted by Crippen LogP contribution is -1.90. The molecule has 0 spiro atoms. The zero-order valence-corrected chi connectivity index (χ0v) is 7.10. The van der Waals surface area contributed by atoms with E-state index >= 15 is 0 Å². The summed E-state index contributed by atoms with van der Waals surface area (Å²) in [5.41, 5.74) is -0.614. The molecule has 0 aromatic heterocycles. The van der Waals surface area contributed by atoms with Crippen LogP contribution in [0.2, 0.25) is 0 Å². The van der Waals surface area contributed by atoms with Crippen LogP contribution >= 0.6 is 0 Å². The van der Waals surface area contributed by atoms with E-state index in [0.717, 1.165) is 18.2 Å². The Morgan fingerprint density at radius 1 is 1.38 bits per heavy atom. The van der Waals surface area contributed by atoms with E-state index in [2.05, 4.69) is 0 Å². The van der Waals surface area contributed by atoms with Crippen molar-refractivity contribution in [2.24, 2.45) is 0 Å². The van der Waals surface area contributed by atoms with E-state index < -0.39 is 27.1 Å². The molecule has 1 aromatic carbocycles. The first-order chi connectivity index (χ1) is 6.02. The molecule has 0 unspecified atom stereocenters. The topological polar surface area (TPSA) is 97.5 Å². The van der Waals surface area contributed by atoms with Crippen LogP contribution in [0.3, 0.4) is 0 Å². The molecule has 7 heteroatoms. The molecule has 70 valence electrons. The lowest BCUT2D eigenvalue weighted by atomic mass is 10.3. The van der Waals surface area contributed by atoms with E-state index in [1.165, 1.54) is 0 Å². The highest BCUT2D eigenvalue weighted by atomic mass is 32.2. The van der Waals surface area contributed by atoms with Crippen molar-refractivity contribution in [3.05, 3.63) is 28.3 Å². The molecule has 1 rings (SSSR count). The molecule has 0 heterocycles. The fourth-order valence-electron chi connectivity index (χ4n) is 0.772. The van der Waals surface area contributed by atoms with Crippen molar-refractivity contribution in [2.45, 2.75) is 4.90 Å². The van der Waals surface area contributed by atoms with Crippen molar-refractivity contribution < 1.29 is 18.4 Å². The number of aromatic hydroxyl groups is 1. The minimum atomic E-state index is -2.86. The third-order valence-corrected chi connectivity index (χ3v) is 2.07. The third-order valence-electron chi connectivity index (χ3n) is 1.37. The Kier molecular flexibility index (Phi) is 2.47. The predicted molar refractivity (Wildman–Crippen MR) is 43.3 cm³/mol. The van der Waals surface area contributed by atoms with Gasteiger partial charge >= 0.3 is 5.69 Å². The summed E-state index contributed by atoms with van der Waals surface area (Å²) in [5.74, 6) is -0.550. The number of phenols is 1. The fraction of sp³-hybridized carbons (Fsp3) is 0. The Morgan fingerprint density at radius 2 is 2.00 bits per heavy atom. The van der Waals surface area contributed by atoms with E-state index in [4.69, 9.17) is 5.11 Å². The summed E-state index contributed by atoms with van der Waals surface area (Å²) in [6.45, 7) is 0. The van der Waals surface area contributed by atoms with E-state index in [-0.39, 0.29) is 4.90 Å². The van der Waals surface area contributed by atoms with Gasteiger partial charge in [-0.25, -0.2) is 8.42 Å². The molecular weight excluding hydrogens is 198 g/mol. The largest absolute Gasteiger partial charge is 0.502 e. The number of benzene rings is 1. The first-order valence-electron chi connectivity index (χ1n) is 3.14. The average molecular weight is 203 g/mol. The van der Waals surface area contributed by atoms with Gasteiger partial charge in [0.25, 0.3) is 0 Å². The van der Waals surface area contributed by atoms with Crippen LogP contribution in [0.5, 0.6) is 5.75 Å². The Balaban J connectivity index is 3.35. The first kappa shape index (κ1) is 9.46. The van der Waals surface area contributed by atoms with Gasteiger partial charge in [-0.15, -0.1) is 0 Å². The lowest BCUT2D eigenvalue weighted by molar-refractivity contribution is -0.386. The Hall–Kier alpha value is -1.63. The van der Waals surface area contributed by atoms with Gasteiger partial charge in [0, 0.05) is 6.07 Å². The smallest absolute Gasteiger partial charge is 0.311 e. The van der Waals surface area contributed by atoms with Gasteiger partial charge in [0.05, 0.1) is 9.82 Å². The number of nitro benzene ring substituents is 1. The molecule has 0 amide bonds. The Morgan fingerprint density at radius 3 is 2.46 bits per heavy atom. The number of hydrogen-bond donors (Lipinski definition) is 2. The SMILES string of the molecule is O=[N+]([O-])c1cc([SH](=O)=O)ccc1O. The molecule has 0 saturated carbocycles. The maximum absolute atomic E-state index is 10.4. The molecule has 6 nitrogen and oxygen atoms in total. The van der Waals surface area contributed by atoms with Gasteiger partial charge in [-0.3, -0.25) is 10.1 Å². The van der Waals surface area contributed by atoms with Crippen molar-refractivity contribution in [2.75, 3.05) is 0 Å². The van der Waals surface area contributed by atoms with Gasteiger partial charge in [-0.2, -0.15) is 0 Å². The zero-order valence-electron chi connectivity index (χ0n) is 6.21. The van der Waals surface area contributed by atoms with E-state index in [9.17, 15) is 18.5 Å². The van der Waals surface area contributed by atoms with Crippen LogP contribution in [-0.4, -0.2) is 18.4 Å². The molecule has 1 N–H and O–H groups in total. The second kappa shape index (κ2) is 3.40. The summed E-state index contributed by atoms with van der Waals surface area (Å²) in [6.07, 6.45) is 0. The molecule has 0 aliphatic rings. The zero-order chi connectivity index (χ0) is 10.0. The predicted octanol–water partition coefficient (Wildman–Crippen LogP) is 0.271. The quantitative estimate of drug-likeness (QED) is 0.408. The molecule has 0 bridgehead atoms. The van der Waals surface area contributed by atoms with Crippen molar-refractivity contribution in [3.63, 3.8) is 0 Å². The molecule has 0 fully saturated rings. The fourth-order valence-corrected chi connectivity index (χ4v) is 1.20. The number of hydrogen-bond acceptors (Lipinski definition) is 5. The van der Waals surface area contributed by atoms with Crippen LogP contribution < -0.4 is 0 Å². The number of rotatable bonds is 2. The molecule has 0 aliphatic carbocycles. The summed E-state index contributed by atoms with van der Waals surface area (Å²) >= 11 is 0. The molecule has 1 aromatic rings. The molecule has 0 saturated heterocycles. The van der Waals surface area contributed by atoms with E-state index in [1.54, 1.807) is 0 Å². The van der Waals surface area contributed by atoms with E-state index in [1.807, 2.05) is 0 Å². The van der Waals surface area contributed by atoms with Crippen molar-refractivity contribution in [1.29, 1.82) is 0 Å². The average Bonchev–Trinajstić information content (AvgIpc) is 2.04. The summed E-state index contributed by atoms with van der Waals surface area (Å²) in [7, 11) is -2.86. The Labute approximate surface area is 74.5 Å². The minimum Gasteiger partial charge on any atom is -0.502 e. The van der Waals surface area contributed by atoms with Gasteiger partial charge in [-0.1, -0.05) is 0 Å². The number of thiol groups is 1. The number of nitrogens with zero attached hydrogens (tertiary/aromatic N) is 1. The second-order valence-corrected chi connectivity index (χ2v) is 3.22. The van der Waals surface area contributed by atoms with Crippen molar-refractivity contribution in [3.8, 4) is 5.75 Å². The highest BCUT2D eigenvalue weighted by molar-refractivity contribution is 7.72. The van der Waals surface area contributed by atoms with Gasteiger partial charge in [-0.05, 0) is 12.1 Å². The van der Waals surface area contributed by atoms with Crippen LogP contribution in [0.15, 0.2) is 23.1 Å². The number of phenolic OH excluding ortho intramolecular Hbond substituents is 1. The summed E-state index contributed by atoms with van der Waals surface area (Å²) in [4.78, 5) is 9.20. The molecule has 0 radical (unpaired) electrons. The third kappa shape index (κ3) is 1.94. The van der Waals surface area contributed by atoms with Crippen LogP contribution in [-0.2, 0) is 10.7 Å². The first-order valence-corrected chi connectivity index (χ1v) is 4.32.